The van der Waals surface area contributed by atoms with E-state index in [4.69, 9.17) is 14.0 Å². The Balaban J connectivity index is 1.80. The topological polar surface area (TPSA) is 68.2 Å². The van der Waals surface area contributed by atoms with Gasteiger partial charge in [0.15, 0.2) is 0 Å². The maximum atomic E-state index is 9.55. The Morgan fingerprint density at radius 3 is 1.50 bits per heavy atom. The minimum Gasteiger partial charge on any atom is -0.508 e. The Bertz CT molecular complexity index is 747. The van der Waals surface area contributed by atoms with Crippen LogP contribution in [0, 0.1) is 0 Å². The second kappa shape index (κ2) is 7.33. The van der Waals surface area contributed by atoms with Gasteiger partial charge in [-0.3, -0.25) is 0 Å². The molecule has 120 valence electrons. The van der Waals surface area contributed by atoms with E-state index in [0.717, 1.165) is 0 Å². The van der Waals surface area contributed by atoms with Crippen molar-refractivity contribution in [3.8, 4) is 28.7 Å². The molecule has 0 aliphatic heterocycles. The molecule has 0 fully saturated rings. The van der Waals surface area contributed by atoms with Crippen LogP contribution in [0.1, 0.15) is 0 Å². The molecule has 0 unspecified atom stereocenters. The van der Waals surface area contributed by atoms with Crippen LogP contribution in [0.3, 0.4) is 0 Å². The second-order valence-electron chi connectivity index (χ2n) is 4.95. The van der Waals surface area contributed by atoms with E-state index in [2.05, 4.69) is 0 Å². The summed E-state index contributed by atoms with van der Waals surface area (Å²) in [7, 11) is -1.10. The summed E-state index contributed by atoms with van der Waals surface area (Å²) < 4.78 is 17.0. The van der Waals surface area contributed by atoms with E-state index in [9.17, 15) is 10.2 Å². The Kier molecular flexibility index (Phi) is 4.77. The fraction of sp³-hybridized carbons (Fsp3) is 0. The molecule has 0 bridgehead atoms. The molecule has 6 heteroatoms. The lowest BCUT2D eigenvalue weighted by Crippen LogP contribution is -2.36. The van der Waals surface area contributed by atoms with Crippen LogP contribution in [0.2, 0.25) is 0 Å². The van der Waals surface area contributed by atoms with Crippen molar-refractivity contribution in [3.63, 3.8) is 0 Å². The lowest BCUT2D eigenvalue weighted by molar-refractivity contribution is 0.306. The van der Waals surface area contributed by atoms with Crippen molar-refractivity contribution < 1.29 is 24.2 Å². The standard InChI is InChI=1S/C18H15BO5/c20-14-6-4-10-17(12-14)23-19(22-16-8-2-1-3-9-16)24-18-11-5-7-15(21)13-18/h1-13,20-21H. The molecule has 2 N–H and O–H groups in total. The van der Waals surface area contributed by atoms with Gasteiger partial charge in [-0.25, -0.2) is 0 Å². The number of hydrogen-bond donors (Lipinski definition) is 2. The SMILES string of the molecule is Oc1cccc(OB(Oc2ccccc2)Oc2cccc(O)c2)c1. The average molecular weight is 322 g/mol. The van der Waals surface area contributed by atoms with Crippen LogP contribution in [0.15, 0.2) is 78.9 Å². The fourth-order valence-corrected chi connectivity index (χ4v) is 2.02. The maximum absolute atomic E-state index is 9.55. The minimum absolute atomic E-state index is 0.0725. The largest absolute Gasteiger partial charge is 0.864 e. The molecule has 0 amide bonds. The van der Waals surface area contributed by atoms with Crippen LogP contribution in [0.4, 0.5) is 0 Å². The van der Waals surface area contributed by atoms with E-state index in [1.54, 1.807) is 36.4 Å². The third-order valence-corrected chi connectivity index (χ3v) is 3.08. The number of phenols is 2. The third-order valence-electron chi connectivity index (χ3n) is 3.08. The van der Waals surface area contributed by atoms with Crippen molar-refractivity contribution in [1.82, 2.24) is 0 Å². The van der Waals surface area contributed by atoms with Gasteiger partial charge in [0.05, 0.1) is 0 Å². The number of benzene rings is 3. The van der Waals surface area contributed by atoms with E-state index in [1.807, 2.05) is 18.2 Å². The first-order chi connectivity index (χ1) is 11.7. The van der Waals surface area contributed by atoms with Crippen LogP contribution in [-0.4, -0.2) is 17.5 Å². The molecular weight excluding hydrogens is 307 g/mol. The van der Waals surface area contributed by atoms with Gasteiger partial charge in [0.2, 0.25) is 0 Å². The highest BCUT2D eigenvalue weighted by molar-refractivity contribution is 6.39. The molecule has 0 aliphatic carbocycles. The highest BCUT2D eigenvalue weighted by atomic mass is 16.7. The molecule has 0 atom stereocenters. The van der Waals surface area contributed by atoms with Gasteiger partial charge in [-0.2, -0.15) is 0 Å². The maximum Gasteiger partial charge on any atom is 0.864 e. The molecule has 0 saturated carbocycles. The lowest BCUT2D eigenvalue weighted by atomic mass is 10.2. The Morgan fingerprint density at radius 1 is 0.542 bits per heavy atom. The molecule has 3 aromatic carbocycles. The highest BCUT2D eigenvalue weighted by Gasteiger charge is 2.30. The number of rotatable bonds is 6. The zero-order valence-electron chi connectivity index (χ0n) is 12.7. The summed E-state index contributed by atoms with van der Waals surface area (Å²) in [6.45, 7) is 0. The molecule has 3 rings (SSSR count). The average Bonchev–Trinajstić information content (AvgIpc) is 2.56. The summed E-state index contributed by atoms with van der Waals surface area (Å²) in [6.07, 6.45) is 0. The Morgan fingerprint density at radius 2 is 1.00 bits per heavy atom. The van der Waals surface area contributed by atoms with Gasteiger partial charge in [-0.1, -0.05) is 30.3 Å². The molecule has 0 heterocycles. The zero-order chi connectivity index (χ0) is 16.8. The zero-order valence-corrected chi connectivity index (χ0v) is 12.7. The van der Waals surface area contributed by atoms with Gasteiger partial charge in [0, 0.05) is 12.1 Å². The van der Waals surface area contributed by atoms with Crippen LogP contribution in [-0.2, 0) is 0 Å². The number of hydrogen-bond acceptors (Lipinski definition) is 5. The predicted octanol–water partition coefficient (Wildman–Crippen LogP) is 3.62. The van der Waals surface area contributed by atoms with E-state index in [0.29, 0.717) is 17.2 Å². The van der Waals surface area contributed by atoms with Crippen molar-refractivity contribution in [2.24, 2.45) is 0 Å². The molecule has 0 radical (unpaired) electrons. The van der Waals surface area contributed by atoms with Crippen molar-refractivity contribution >= 4 is 7.32 Å². The summed E-state index contributed by atoms with van der Waals surface area (Å²) in [5, 5.41) is 19.1. The molecule has 0 aliphatic rings. The first-order valence-electron chi connectivity index (χ1n) is 7.32. The fourth-order valence-electron chi connectivity index (χ4n) is 2.02. The third kappa shape index (κ3) is 4.36. The Labute approximate surface area is 139 Å². The summed E-state index contributed by atoms with van der Waals surface area (Å²) in [4.78, 5) is 0. The number of phenolic OH excluding ortho intramolecular Hbond substituents is 2. The van der Waals surface area contributed by atoms with Gasteiger partial charge in [0.25, 0.3) is 0 Å². The van der Waals surface area contributed by atoms with Crippen molar-refractivity contribution in [1.29, 1.82) is 0 Å². The van der Waals surface area contributed by atoms with Gasteiger partial charge in [-0.15, -0.1) is 0 Å². The summed E-state index contributed by atoms with van der Waals surface area (Å²) in [5.74, 6) is 1.47. The van der Waals surface area contributed by atoms with Gasteiger partial charge in [-0.05, 0) is 36.4 Å². The van der Waals surface area contributed by atoms with E-state index >= 15 is 0 Å². The van der Waals surface area contributed by atoms with Gasteiger partial charge >= 0.3 is 7.32 Å². The molecule has 5 nitrogen and oxygen atoms in total. The van der Waals surface area contributed by atoms with Crippen molar-refractivity contribution in [3.05, 3.63) is 78.9 Å². The first-order valence-corrected chi connectivity index (χ1v) is 7.32. The second-order valence-corrected chi connectivity index (χ2v) is 4.95. The molecular formula is C18H15BO5. The first kappa shape index (κ1) is 15.6. The summed E-state index contributed by atoms with van der Waals surface area (Å²) >= 11 is 0. The summed E-state index contributed by atoms with van der Waals surface area (Å²) in [6, 6.07) is 21.7. The normalized spacial score (nSPS) is 10.0. The Hall–Kier alpha value is -3.28. The monoisotopic (exact) mass is 322 g/mol. The van der Waals surface area contributed by atoms with Crippen molar-refractivity contribution in [2.75, 3.05) is 0 Å². The minimum atomic E-state index is -1.10. The molecule has 0 spiro atoms. The molecule has 0 aromatic heterocycles. The molecule has 24 heavy (non-hydrogen) atoms. The van der Waals surface area contributed by atoms with E-state index in [-0.39, 0.29) is 11.5 Å². The molecule has 0 saturated heterocycles. The van der Waals surface area contributed by atoms with Crippen molar-refractivity contribution in [2.45, 2.75) is 0 Å². The molecule has 3 aromatic rings. The van der Waals surface area contributed by atoms with E-state index < -0.39 is 7.32 Å². The van der Waals surface area contributed by atoms with Crippen LogP contribution < -0.4 is 14.0 Å². The smallest absolute Gasteiger partial charge is 0.508 e. The number of aromatic hydroxyl groups is 2. The van der Waals surface area contributed by atoms with Gasteiger partial charge < -0.3 is 24.2 Å². The van der Waals surface area contributed by atoms with Gasteiger partial charge in [0.1, 0.15) is 28.7 Å². The predicted molar refractivity (Wildman–Crippen MR) is 90.3 cm³/mol. The quantitative estimate of drug-likeness (QED) is 0.679. The van der Waals surface area contributed by atoms with E-state index in [1.165, 1.54) is 24.3 Å². The summed E-state index contributed by atoms with van der Waals surface area (Å²) in [5.41, 5.74) is 0. The highest BCUT2D eigenvalue weighted by Crippen LogP contribution is 2.23. The van der Waals surface area contributed by atoms with Crippen LogP contribution in [0.25, 0.3) is 0 Å². The van der Waals surface area contributed by atoms with Crippen LogP contribution >= 0.6 is 0 Å². The lowest BCUT2D eigenvalue weighted by Gasteiger charge is -2.16. The number of para-hydroxylation sites is 1. The van der Waals surface area contributed by atoms with Crippen LogP contribution in [0.5, 0.6) is 28.7 Å².